The molecule has 0 aliphatic heterocycles. The standard InChI is InChI=1S/C28H28F2O6/c1-33-27(34-2)15-13-21(31)23(25(27)17-5-9-19(29)10-6-17)24-22(32)14-16-28(35-3,36-4)26(24)18-7-11-20(30)12-8-18/h5-16,23-26H,1-4H3/t23-,24-,25-,26-/m0/s1. The number of hydrogen-bond donors (Lipinski definition) is 0. The molecule has 2 aromatic carbocycles. The van der Waals surface area contributed by atoms with Gasteiger partial charge in [-0.2, -0.15) is 0 Å². The van der Waals surface area contributed by atoms with E-state index in [1.165, 1.54) is 77.0 Å². The van der Waals surface area contributed by atoms with Gasteiger partial charge in [0.1, 0.15) is 11.6 Å². The minimum absolute atomic E-state index is 0.337. The molecule has 0 heterocycles. The molecule has 0 bridgehead atoms. The number of benzene rings is 2. The van der Waals surface area contributed by atoms with Crippen LogP contribution >= 0.6 is 0 Å². The zero-order chi connectivity index (χ0) is 26.1. The molecular formula is C28H28F2O6. The van der Waals surface area contributed by atoms with Crippen LogP contribution in [0, 0.1) is 23.5 Å². The Balaban J connectivity index is 1.98. The fourth-order valence-electron chi connectivity index (χ4n) is 5.59. The van der Waals surface area contributed by atoms with E-state index >= 15 is 0 Å². The summed E-state index contributed by atoms with van der Waals surface area (Å²) in [4.78, 5) is 27.3. The molecule has 2 aliphatic carbocycles. The summed E-state index contributed by atoms with van der Waals surface area (Å²) in [5, 5.41) is 0. The minimum atomic E-state index is -1.42. The first-order valence-electron chi connectivity index (χ1n) is 11.4. The van der Waals surface area contributed by atoms with E-state index in [2.05, 4.69) is 0 Å². The summed E-state index contributed by atoms with van der Waals surface area (Å²) in [7, 11) is 5.75. The fourth-order valence-corrected chi connectivity index (χ4v) is 5.59. The largest absolute Gasteiger partial charge is 0.349 e. The summed E-state index contributed by atoms with van der Waals surface area (Å²) in [6.07, 6.45) is 5.70. The molecule has 0 aromatic heterocycles. The predicted molar refractivity (Wildman–Crippen MR) is 127 cm³/mol. The van der Waals surface area contributed by atoms with E-state index in [4.69, 9.17) is 18.9 Å². The third kappa shape index (κ3) is 4.24. The molecule has 6 nitrogen and oxygen atoms in total. The lowest BCUT2D eigenvalue weighted by Gasteiger charge is -2.49. The number of carbonyl (C=O) groups is 2. The van der Waals surface area contributed by atoms with Gasteiger partial charge < -0.3 is 18.9 Å². The van der Waals surface area contributed by atoms with Gasteiger partial charge in [-0.1, -0.05) is 24.3 Å². The molecular weight excluding hydrogens is 470 g/mol. The second-order valence-electron chi connectivity index (χ2n) is 8.84. The predicted octanol–water partition coefficient (Wildman–Crippen LogP) is 4.32. The van der Waals surface area contributed by atoms with Gasteiger partial charge in [0.2, 0.25) is 0 Å². The number of allylic oxidation sites excluding steroid dienone is 2. The van der Waals surface area contributed by atoms with Crippen LogP contribution in [0.4, 0.5) is 8.78 Å². The summed E-state index contributed by atoms with van der Waals surface area (Å²) >= 11 is 0. The second kappa shape index (κ2) is 10.1. The van der Waals surface area contributed by atoms with Crippen LogP contribution < -0.4 is 0 Å². The molecule has 0 radical (unpaired) electrons. The Morgan fingerprint density at radius 1 is 0.583 bits per heavy atom. The molecule has 0 spiro atoms. The smallest absolute Gasteiger partial charge is 0.195 e. The van der Waals surface area contributed by atoms with Crippen molar-refractivity contribution in [2.45, 2.75) is 23.4 Å². The van der Waals surface area contributed by atoms with Gasteiger partial charge in [-0.05, 0) is 59.7 Å². The number of hydrogen-bond acceptors (Lipinski definition) is 6. The maximum absolute atomic E-state index is 13.8. The van der Waals surface area contributed by atoms with Gasteiger partial charge in [0, 0.05) is 40.3 Å². The average molecular weight is 499 g/mol. The van der Waals surface area contributed by atoms with Crippen LogP contribution in [0.1, 0.15) is 23.0 Å². The zero-order valence-electron chi connectivity index (χ0n) is 20.4. The van der Waals surface area contributed by atoms with E-state index in [1.807, 2.05) is 0 Å². The average Bonchev–Trinajstić information content (AvgIpc) is 2.90. The molecule has 0 amide bonds. The van der Waals surface area contributed by atoms with Crippen molar-refractivity contribution in [1.82, 2.24) is 0 Å². The Morgan fingerprint density at radius 3 is 1.17 bits per heavy atom. The number of carbonyl (C=O) groups excluding carboxylic acids is 2. The van der Waals surface area contributed by atoms with Crippen molar-refractivity contribution in [1.29, 1.82) is 0 Å². The van der Waals surface area contributed by atoms with Crippen LogP contribution in [0.3, 0.4) is 0 Å². The minimum Gasteiger partial charge on any atom is -0.349 e. The fraction of sp³-hybridized carbons (Fsp3) is 0.357. The first-order chi connectivity index (χ1) is 17.3. The highest BCUT2D eigenvalue weighted by Gasteiger charge is 2.58. The molecule has 2 aromatic rings. The molecule has 2 aliphatic rings. The number of ketones is 2. The maximum Gasteiger partial charge on any atom is 0.195 e. The highest BCUT2D eigenvalue weighted by molar-refractivity contribution is 6.02. The summed E-state index contributed by atoms with van der Waals surface area (Å²) in [6.45, 7) is 0. The van der Waals surface area contributed by atoms with Gasteiger partial charge in [-0.3, -0.25) is 9.59 Å². The Labute approximate surface area is 208 Å². The van der Waals surface area contributed by atoms with E-state index in [1.54, 1.807) is 24.3 Å². The third-order valence-electron chi connectivity index (χ3n) is 7.32. The quantitative estimate of drug-likeness (QED) is 0.530. The lowest BCUT2D eigenvalue weighted by molar-refractivity contribution is -0.217. The Bertz CT molecular complexity index is 1070. The number of halogens is 2. The molecule has 4 atom stereocenters. The van der Waals surface area contributed by atoms with E-state index in [9.17, 15) is 18.4 Å². The Hall–Kier alpha value is -3.04. The van der Waals surface area contributed by atoms with Crippen LogP contribution in [0.15, 0.2) is 72.8 Å². The van der Waals surface area contributed by atoms with Crippen molar-refractivity contribution in [2.24, 2.45) is 11.8 Å². The van der Waals surface area contributed by atoms with Crippen LogP contribution in [0.25, 0.3) is 0 Å². The molecule has 36 heavy (non-hydrogen) atoms. The van der Waals surface area contributed by atoms with Gasteiger partial charge in [0.15, 0.2) is 23.1 Å². The molecule has 0 saturated carbocycles. The van der Waals surface area contributed by atoms with Crippen molar-refractivity contribution in [3.63, 3.8) is 0 Å². The van der Waals surface area contributed by atoms with E-state index in [0.717, 1.165) is 0 Å². The highest BCUT2D eigenvalue weighted by atomic mass is 19.1. The van der Waals surface area contributed by atoms with Crippen molar-refractivity contribution in [3.8, 4) is 0 Å². The van der Waals surface area contributed by atoms with Crippen molar-refractivity contribution >= 4 is 11.6 Å². The van der Waals surface area contributed by atoms with Gasteiger partial charge in [0.25, 0.3) is 0 Å². The lowest BCUT2D eigenvalue weighted by Crippen LogP contribution is -2.55. The number of methoxy groups -OCH3 is 4. The highest BCUT2D eigenvalue weighted by Crippen LogP contribution is 2.53. The maximum atomic E-state index is 13.8. The molecule has 0 fully saturated rings. The van der Waals surface area contributed by atoms with Crippen molar-refractivity contribution in [3.05, 3.63) is 95.6 Å². The number of rotatable bonds is 7. The van der Waals surface area contributed by atoms with Gasteiger partial charge >= 0.3 is 0 Å². The van der Waals surface area contributed by atoms with Crippen molar-refractivity contribution in [2.75, 3.05) is 28.4 Å². The number of ether oxygens (including phenoxy) is 4. The Morgan fingerprint density at radius 2 is 0.889 bits per heavy atom. The SMILES string of the molecule is COC1(OC)C=CC(=O)[C@@H]([C@@H]2C(=O)C=CC(OC)(OC)[C@H]2c2ccc(F)cc2)[C@@H]1c1ccc(F)cc1. The second-order valence-corrected chi connectivity index (χ2v) is 8.84. The van der Waals surface area contributed by atoms with Crippen molar-refractivity contribution < 1.29 is 37.3 Å². The molecule has 8 heteroatoms. The molecule has 0 N–H and O–H groups in total. The van der Waals surface area contributed by atoms with Crippen LogP contribution in [0.2, 0.25) is 0 Å². The Kier molecular flexibility index (Phi) is 7.33. The molecule has 0 unspecified atom stereocenters. The summed E-state index contributed by atoms with van der Waals surface area (Å²) in [6, 6.07) is 11.3. The van der Waals surface area contributed by atoms with E-state index in [0.29, 0.717) is 11.1 Å². The van der Waals surface area contributed by atoms with Crippen LogP contribution in [0.5, 0.6) is 0 Å². The van der Waals surface area contributed by atoms with Crippen LogP contribution in [-0.4, -0.2) is 51.6 Å². The topological polar surface area (TPSA) is 71.1 Å². The third-order valence-corrected chi connectivity index (χ3v) is 7.32. The summed E-state index contributed by atoms with van der Waals surface area (Å²) in [5.41, 5.74) is 1.09. The van der Waals surface area contributed by atoms with Gasteiger partial charge in [-0.15, -0.1) is 0 Å². The molecule has 190 valence electrons. The monoisotopic (exact) mass is 498 g/mol. The summed E-state index contributed by atoms with van der Waals surface area (Å²) < 4.78 is 50.9. The van der Waals surface area contributed by atoms with E-state index < -0.39 is 46.9 Å². The molecule has 0 saturated heterocycles. The van der Waals surface area contributed by atoms with E-state index in [-0.39, 0.29) is 11.6 Å². The van der Waals surface area contributed by atoms with Gasteiger partial charge in [-0.25, -0.2) is 8.78 Å². The van der Waals surface area contributed by atoms with Gasteiger partial charge in [0.05, 0.1) is 11.8 Å². The first kappa shape index (κ1) is 26.0. The van der Waals surface area contributed by atoms with Crippen LogP contribution in [-0.2, 0) is 28.5 Å². The zero-order valence-corrected chi connectivity index (χ0v) is 20.4. The normalized spacial score (nSPS) is 26.8. The first-order valence-corrected chi connectivity index (χ1v) is 11.4. The molecule has 4 rings (SSSR count). The summed E-state index contributed by atoms with van der Waals surface area (Å²) in [5.74, 6) is -8.12. The lowest BCUT2D eigenvalue weighted by atomic mass is 9.60.